The minimum absolute atomic E-state index is 0.0859. The average molecular weight is 350 g/mol. The van der Waals surface area contributed by atoms with E-state index in [2.05, 4.69) is 43.3 Å². The van der Waals surface area contributed by atoms with Gasteiger partial charge in [-0.2, -0.15) is 0 Å². The molecule has 1 spiro atoms. The van der Waals surface area contributed by atoms with Crippen molar-refractivity contribution in [1.29, 1.82) is 0 Å². The Morgan fingerprint density at radius 3 is 2.69 bits per heavy atom. The van der Waals surface area contributed by atoms with Crippen molar-refractivity contribution in [2.75, 3.05) is 13.1 Å². The Balaban J connectivity index is 1.84. The summed E-state index contributed by atoms with van der Waals surface area (Å²) in [7, 11) is 0. The number of piperidine rings is 1. The molecule has 2 aromatic carbocycles. The molecular weight excluding hydrogens is 326 g/mol. The number of ether oxygens (including phenoxy) is 1. The first-order valence-electron chi connectivity index (χ1n) is 9.57. The second kappa shape index (κ2) is 5.34. The molecule has 3 aliphatic rings. The molecule has 26 heavy (non-hydrogen) atoms. The first kappa shape index (κ1) is 15.9. The Kier molecular flexibility index (Phi) is 3.26. The van der Waals surface area contributed by atoms with Crippen LogP contribution in [0.4, 0.5) is 0 Å². The van der Waals surface area contributed by atoms with Crippen LogP contribution in [0.15, 0.2) is 48.5 Å². The van der Waals surface area contributed by atoms with Gasteiger partial charge in [-0.25, -0.2) is 0 Å². The number of carboxylic acids is 1. The monoisotopic (exact) mass is 350 g/mol. The van der Waals surface area contributed by atoms with E-state index in [1.54, 1.807) is 0 Å². The lowest BCUT2D eigenvalue weighted by atomic mass is 9.80. The van der Waals surface area contributed by atoms with Crippen molar-refractivity contribution in [3.63, 3.8) is 0 Å². The van der Waals surface area contributed by atoms with Gasteiger partial charge in [-0.15, -0.1) is 0 Å². The maximum atomic E-state index is 12.1. The van der Waals surface area contributed by atoms with Gasteiger partial charge in [0.05, 0.1) is 18.7 Å². The third kappa shape index (κ3) is 1.71. The molecule has 4 nitrogen and oxygen atoms in total. The molecule has 4 heteroatoms. The molecule has 2 aromatic rings. The standard InChI is InChI=1S/C22H23NO3/c1-2-23-13-7-9-16(21(24)25)20(23)22(23)17-10-4-3-8-15(17)14-26-19-12-6-5-11-18(19)22/h3-6,8,10-12,16,20H,2,7,9,13-14H2,1H3/p+1/t16?,20?,22-,23-/m1/s1. The molecule has 3 aliphatic heterocycles. The summed E-state index contributed by atoms with van der Waals surface area (Å²) in [5, 5.41) is 9.98. The van der Waals surface area contributed by atoms with Crippen molar-refractivity contribution < 1.29 is 19.1 Å². The van der Waals surface area contributed by atoms with Crippen LogP contribution in [0.25, 0.3) is 0 Å². The Morgan fingerprint density at radius 2 is 1.92 bits per heavy atom. The molecule has 2 saturated heterocycles. The molecule has 3 heterocycles. The third-order valence-electron chi connectivity index (χ3n) is 7.04. The van der Waals surface area contributed by atoms with Crippen LogP contribution in [0.2, 0.25) is 0 Å². The highest BCUT2D eigenvalue weighted by molar-refractivity contribution is 5.73. The minimum Gasteiger partial charge on any atom is -0.488 e. The largest absolute Gasteiger partial charge is 0.488 e. The van der Waals surface area contributed by atoms with E-state index in [1.807, 2.05) is 12.1 Å². The number of hydrogen-bond donors (Lipinski definition) is 1. The van der Waals surface area contributed by atoms with Crippen molar-refractivity contribution in [2.45, 2.75) is 38.0 Å². The number of aliphatic carboxylic acids is 1. The smallest absolute Gasteiger partial charge is 0.312 e. The van der Waals surface area contributed by atoms with Crippen molar-refractivity contribution in [1.82, 2.24) is 0 Å². The second-order valence-corrected chi connectivity index (χ2v) is 7.81. The summed E-state index contributed by atoms with van der Waals surface area (Å²) in [5.74, 6) is -0.0428. The van der Waals surface area contributed by atoms with Gasteiger partial charge in [-0.3, -0.25) is 9.28 Å². The van der Waals surface area contributed by atoms with Crippen LogP contribution in [0.3, 0.4) is 0 Å². The molecule has 1 N–H and O–H groups in total. The van der Waals surface area contributed by atoms with Gasteiger partial charge in [0.25, 0.3) is 0 Å². The summed E-state index contributed by atoms with van der Waals surface area (Å²) in [6, 6.07) is 16.8. The quantitative estimate of drug-likeness (QED) is 0.666. The van der Waals surface area contributed by atoms with E-state index in [0.717, 1.165) is 36.2 Å². The number of carboxylic acid groups (broad SMARTS) is 1. The average Bonchev–Trinajstić information content (AvgIpc) is 3.34. The van der Waals surface area contributed by atoms with E-state index in [1.165, 1.54) is 16.7 Å². The van der Waals surface area contributed by atoms with E-state index in [9.17, 15) is 9.90 Å². The first-order chi connectivity index (χ1) is 12.7. The third-order valence-corrected chi connectivity index (χ3v) is 7.04. The summed E-state index contributed by atoms with van der Waals surface area (Å²) in [6.07, 6.45) is 1.74. The van der Waals surface area contributed by atoms with Crippen LogP contribution in [0, 0.1) is 5.92 Å². The number of quaternary nitrogens is 1. The predicted molar refractivity (Wildman–Crippen MR) is 97.8 cm³/mol. The van der Waals surface area contributed by atoms with Crippen LogP contribution in [-0.2, 0) is 16.9 Å². The number of para-hydroxylation sites is 1. The number of fused-ring (bicyclic) bond motifs is 7. The number of likely N-dealkylation sites (N-methyl/N-ethyl adjacent to an activating group) is 1. The van der Waals surface area contributed by atoms with E-state index >= 15 is 0 Å². The molecule has 2 fully saturated rings. The van der Waals surface area contributed by atoms with Gasteiger partial charge in [-0.1, -0.05) is 36.4 Å². The molecule has 2 unspecified atom stereocenters. The van der Waals surface area contributed by atoms with Crippen LogP contribution >= 0.6 is 0 Å². The van der Waals surface area contributed by atoms with E-state index in [-0.39, 0.29) is 17.5 Å². The van der Waals surface area contributed by atoms with Gasteiger partial charge >= 0.3 is 5.97 Å². The van der Waals surface area contributed by atoms with Crippen molar-refractivity contribution in [3.8, 4) is 5.75 Å². The molecule has 4 atom stereocenters. The minimum atomic E-state index is -0.650. The number of nitrogens with zero attached hydrogens (tertiary/aromatic N) is 1. The molecule has 0 amide bonds. The lowest BCUT2D eigenvalue weighted by molar-refractivity contribution is -0.846. The lowest BCUT2D eigenvalue weighted by Gasteiger charge is -2.29. The van der Waals surface area contributed by atoms with E-state index < -0.39 is 5.97 Å². The van der Waals surface area contributed by atoms with Gasteiger partial charge in [0.15, 0.2) is 6.04 Å². The summed E-state index contributed by atoms with van der Waals surface area (Å²) in [6.45, 7) is 4.73. The normalized spacial score (nSPS) is 34.0. The lowest BCUT2D eigenvalue weighted by Crippen LogP contribution is -2.41. The van der Waals surface area contributed by atoms with Crippen LogP contribution in [0.1, 0.15) is 36.5 Å². The Labute approximate surface area is 153 Å². The topological polar surface area (TPSA) is 46.5 Å². The number of hydrogen-bond acceptors (Lipinski definition) is 2. The van der Waals surface area contributed by atoms with Crippen molar-refractivity contribution >= 4 is 5.97 Å². The zero-order chi connectivity index (χ0) is 17.9. The predicted octanol–water partition coefficient (Wildman–Crippen LogP) is 3.54. The number of rotatable bonds is 2. The van der Waals surface area contributed by atoms with E-state index in [0.29, 0.717) is 6.61 Å². The molecule has 0 aliphatic carbocycles. The number of benzene rings is 2. The van der Waals surface area contributed by atoms with Gasteiger partial charge in [0, 0.05) is 5.56 Å². The Hall–Kier alpha value is -2.33. The maximum absolute atomic E-state index is 12.1. The Bertz CT molecular complexity index is 845. The van der Waals surface area contributed by atoms with Gasteiger partial charge in [-0.05, 0) is 37.5 Å². The van der Waals surface area contributed by atoms with Gasteiger partial charge in [0.2, 0.25) is 5.54 Å². The van der Waals surface area contributed by atoms with Gasteiger partial charge < -0.3 is 9.84 Å². The fraction of sp³-hybridized carbons (Fsp3) is 0.409. The molecule has 0 bridgehead atoms. The zero-order valence-electron chi connectivity index (χ0n) is 15.0. The SMILES string of the molecule is CC[N@@+]12CCCC(C(=O)O)C1[C@]21c2ccccc2COc2ccccc21. The van der Waals surface area contributed by atoms with Gasteiger partial charge in [0.1, 0.15) is 18.3 Å². The fourth-order valence-electron chi connectivity index (χ4n) is 6.14. The van der Waals surface area contributed by atoms with Crippen molar-refractivity contribution in [2.24, 2.45) is 5.92 Å². The van der Waals surface area contributed by atoms with Crippen molar-refractivity contribution in [3.05, 3.63) is 65.2 Å². The highest BCUT2D eigenvalue weighted by atomic mass is 16.5. The maximum Gasteiger partial charge on any atom is 0.312 e. The fourth-order valence-corrected chi connectivity index (χ4v) is 6.14. The molecular formula is C22H24NO3+. The highest BCUT2D eigenvalue weighted by Gasteiger charge is 2.84. The summed E-state index contributed by atoms with van der Waals surface area (Å²) in [5.41, 5.74) is 3.33. The van der Waals surface area contributed by atoms with Crippen LogP contribution in [-0.4, -0.2) is 34.7 Å². The van der Waals surface area contributed by atoms with Crippen LogP contribution < -0.4 is 4.74 Å². The summed E-state index contributed by atoms with van der Waals surface area (Å²) in [4.78, 5) is 12.1. The molecule has 0 aromatic heterocycles. The molecule has 134 valence electrons. The molecule has 0 radical (unpaired) electrons. The first-order valence-corrected chi connectivity index (χ1v) is 9.57. The van der Waals surface area contributed by atoms with E-state index in [4.69, 9.17) is 4.74 Å². The molecule has 0 saturated carbocycles. The highest BCUT2D eigenvalue weighted by Crippen LogP contribution is 2.69. The summed E-state index contributed by atoms with van der Waals surface area (Å²) < 4.78 is 7.03. The second-order valence-electron chi connectivity index (χ2n) is 7.81. The number of carbonyl (C=O) groups is 1. The Morgan fingerprint density at radius 1 is 1.19 bits per heavy atom. The summed E-state index contributed by atoms with van der Waals surface area (Å²) >= 11 is 0. The zero-order valence-corrected chi connectivity index (χ0v) is 15.0. The molecule has 5 rings (SSSR count). The van der Waals surface area contributed by atoms with Crippen LogP contribution in [0.5, 0.6) is 5.75 Å².